The van der Waals surface area contributed by atoms with Crippen molar-refractivity contribution in [2.75, 3.05) is 12.5 Å². The molecule has 0 aliphatic rings. The first kappa shape index (κ1) is 10.5. The number of rotatable bonds is 1. The molecule has 0 spiro atoms. The fraction of sp³-hybridized carbons (Fsp3) is 0.333. The van der Waals surface area contributed by atoms with E-state index in [1.807, 2.05) is 13.0 Å². The van der Waals surface area contributed by atoms with Crippen molar-refractivity contribution in [3.63, 3.8) is 0 Å². The Balaban J connectivity index is 3.34. The van der Waals surface area contributed by atoms with Crippen molar-refractivity contribution in [2.45, 2.75) is 6.92 Å². The maximum Gasteiger partial charge on any atom is 0.0774 e. The van der Waals surface area contributed by atoms with Gasteiger partial charge in [0.1, 0.15) is 0 Å². The zero-order valence-corrected chi connectivity index (χ0v) is 9.45. The molecule has 0 N–H and O–H groups in total. The van der Waals surface area contributed by atoms with Gasteiger partial charge in [0.25, 0.3) is 0 Å². The standard InChI is InChI=1S/C9H12ClNOS/c1-7-8(10)5-4-6-9(7)11-13(2,3)12/h4-6H,1-3H3. The largest absolute Gasteiger partial charge is 0.250 e. The molecule has 0 saturated heterocycles. The summed E-state index contributed by atoms with van der Waals surface area (Å²) in [5, 5.41) is 0.657. The van der Waals surface area contributed by atoms with Crippen LogP contribution in [0.2, 0.25) is 5.02 Å². The highest BCUT2D eigenvalue weighted by Gasteiger charge is 2.01. The molecule has 0 heterocycles. The summed E-state index contributed by atoms with van der Waals surface area (Å²) >= 11 is 5.89. The Morgan fingerprint density at radius 1 is 1.38 bits per heavy atom. The molecule has 1 rings (SSSR count). The second-order valence-electron chi connectivity index (χ2n) is 3.16. The Kier molecular flexibility index (Phi) is 2.98. The highest BCUT2D eigenvalue weighted by molar-refractivity contribution is 7.92. The van der Waals surface area contributed by atoms with E-state index in [1.54, 1.807) is 24.6 Å². The molecule has 0 radical (unpaired) electrons. The van der Waals surface area contributed by atoms with Crippen LogP contribution in [0.15, 0.2) is 22.6 Å². The quantitative estimate of drug-likeness (QED) is 0.711. The summed E-state index contributed by atoms with van der Waals surface area (Å²) in [7, 11) is -2.10. The Morgan fingerprint density at radius 3 is 2.54 bits per heavy atom. The van der Waals surface area contributed by atoms with Crippen LogP contribution >= 0.6 is 11.6 Å². The second-order valence-corrected chi connectivity index (χ2v) is 6.11. The van der Waals surface area contributed by atoms with Gasteiger partial charge in [-0.05, 0) is 24.6 Å². The summed E-state index contributed by atoms with van der Waals surface area (Å²) in [5.74, 6) is 0. The van der Waals surface area contributed by atoms with Gasteiger partial charge in [-0.2, -0.15) is 4.36 Å². The number of hydrogen-bond acceptors (Lipinski definition) is 2. The summed E-state index contributed by atoms with van der Waals surface area (Å²) < 4.78 is 15.5. The van der Waals surface area contributed by atoms with E-state index in [0.717, 1.165) is 5.56 Å². The molecule has 0 aromatic heterocycles. The highest BCUT2D eigenvalue weighted by Crippen LogP contribution is 2.26. The topological polar surface area (TPSA) is 29.4 Å². The van der Waals surface area contributed by atoms with Crippen LogP contribution in [-0.4, -0.2) is 16.7 Å². The van der Waals surface area contributed by atoms with Gasteiger partial charge in [0, 0.05) is 27.3 Å². The minimum Gasteiger partial charge on any atom is -0.250 e. The Bertz CT molecular complexity index is 425. The third kappa shape index (κ3) is 3.01. The van der Waals surface area contributed by atoms with E-state index in [9.17, 15) is 4.21 Å². The molecule has 0 saturated carbocycles. The van der Waals surface area contributed by atoms with Crippen molar-refractivity contribution in [3.05, 3.63) is 28.8 Å². The van der Waals surface area contributed by atoms with Gasteiger partial charge in [0.2, 0.25) is 0 Å². The van der Waals surface area contributed by atoms with Gasteiger partial charge >= 0.3 is 0 Å². The lowest BCUT2D eigenvalue weighted by Crippen LogP contribution is -1.90. The lowest BCUT2D eigenvalue weighted by molar-refractivity contribution is 0.684. The van der Waals surface area contributed by atoms with E-state index in [2.05, 4.69) is 4.36 Å². The number of halogens is 1. The molecule has 0 fully saturated rings. The highest BCUT2D eigenvalue weighted by atomic mass is 35.5. The van der Waals surface area contributed by atoms with Crippen LogP contribution < -0.4 is 0 Å². The minimum absolute atomic E-state index is 0.657. The SMILES string of the molecule is Cc1c(Cl)cccc1N=S(C)(C)=O. The van der Waals surface area contributed by atoms with Crippen molar-refractivity contribution in [1.29, 1.82) is 0 Å². The first-order valence-electron chi connectivity index (χ1n) is 3.82. The van der Waals surface area contributed by atoms with E-state index in [-0.39, 0.29) is 0 Å². The molecule has 1 aromatic carbocycles. The van der Waals surface area contributed by atoms with Gasteiger partial charge in [0.15, 0.2) is 0 Å². The van der Waals surface area contributed by atoms with E-state index < -0.39 is 9.73 Å². The molecule has 2 nitrogen and oxygen atoms in total. The lowest BCUT2D eigenvalue weighted by Gasteiger charge is -2.02. The summed E-state index contributed by atoms with van der Waals surface area (Å²) in [5.41, 5.74) is 1.59. The average molecular weight is 218 g/mol. The molecule has 0 amide bonds. The summed E-state index contributed by atoms with van der Waals surface area (Å²) in [6.45, 7) is 1.87. The third-order valence-corrected chi connectivity index (χ3v) is 2.60. The summed E-state index contributed by atoms with van der Waals surface area (Å²) in [6.07, 6.45) is 3.21. The zero-order valence-electron chi connectivity index (χ0n) is 7.87. The Labute approximate surface area is 84.1 Å². The maximum absolute atomic E-state index is 11.4. The molecule has 13 heavy (non-hydrogen) atoms. The van der Waals surface area contributed by atoms with Crippen LogP contribution in [0.25, 0.3) is 0 Å². The van der Waals surface area contributed by atoms with Gasteiger partial charge in [-0.1, -0.05) is 17.7 Å². The molecule has 0 unspecified atom stereocenters. The zero-order chi connectivity index (χ0) is 10.1. The summed E-state index contributed by atoms with van der Waals surface area (Å²) in [6, 6.07) is 5.41. The molecule has 4 heteroatoms. The molecule has 0 aliphatic heterocycles. The van der Waals surface area contributed by atoms with Gasteiger partial charge in [-0.15, -0.1) is 0 Å². The van der Waals surface area contributed by atoms with Crippen LogP contribution in [0, 0.1) is 6.92 Å². The number of nitrogens with zero attached hydrogens (tertiary/aromatic N) is 1. The fourth-order valence-electron chi connectivity index (χ4n) is 0.932. The number of hydrogen-bond donors (Lipinski definition) is 0. The predicted octanol–water partition coefficient (Wildman–Crippen LogP) is 3.01. The molecule has 72 valence electrons. The van der Waals surface area contributed by atoms with Gasteiger partial charge in [-0.3, -0.25) is 0 Å². The smallest absolute Gasteiger partial charge is 0.0774 e. The Hall–Kier alpha value is -0.540. The maximum atomic E-state index is 11.4. The fourth-order valence-corrected chi connectivity index (χ4v) is 1.77. The molecule has 0 atom stereocenters. The molecular formula is C9H12ClNOS. The van der Waals surface area contributed by atoms with Crippen LogP contribution in [0.4, 0.5) is 5.69 Å². The van der Waals surface area contributed by atoms with Crippen molar-refractivity contribution in [2.24, 2.45) is 4.36 Å². The van der Waals surface area contributed by atoms with Crippen LogP contribution in [0.1, 0.15) is 5.56 Å². The normalized spacial score (nSPS) is 11.4. The molecule has 0 aliphatic carbocycles. The van der Waals surface area contributed by atoms with Crippen molar-refractivity contribution >= 4 is 27.0 Å². The van der Waals surface area contributed by atoms with Gasteiger partial charge in [0.05, 0.1) is 5.69 Å². The van der Waals surface area contributed by atoms with Crippen LogP contribution in [-0.2, 0) is 9.73 Å². The predicted molar refractivity (Wildman–Crippen MR) is 58.3 cm³/mol. The first-order valence-corrected chi connectivity index (χ1v) is 6.53. The van der Waals surface area contributed by atoms with E-state index in [1.165, 1.54) is 0 Å². The van der Waals surface area contributed by atoms with Crippen molar-refractivity contribution < 1.29 is 4.21 Å². The summed E-state index contributed by atoms with van der Waals surface area (Å²) in [4.78, 5) is 0. The monoisotopic (exact) mass is 217 g/mol. The minimum atomic E-state index is -2.10. The van der Waals surface area contributed by atoms with Gasteiger partial charge in [-0.25, -0.2) is 4.21 Å². The first-order chi connectivity index (χ1) is 5.90. The van der Waals surface area contributed by atoms with Crippen molar-refractivity contribution in [1.82, 2.24) is 0 Å². The van der Waals surface area contributed by atoms with Crippen LogP contribution in [0.5, 0.6) is 0 Å². The molecule has 0 bridgehead atoms. The van der Waals surface area contributed by atoms with Crippen molar-refractivity contribution in [3.8, 4) is 0 Å². The van der Waals surface area contributed by atoms with Gasteiger partial charge < -0.3 is 0 Å². The van der Waals surface area contributed by atoms with E-state index in [0.29, 0.717) is 10.7 Å². The number of benzene rings is 1. The molecular weight excluding hydrogens is 206 g/mol. The molecule has 1 aromatic rings. The van der Waals surface area contributed by atoms with E-state index >= 15 is 0 Å². The average Bonchev–Trinajstić information content (AvgIpc) is 1.96. The lowest BCUT2D eigenvalue weighted by atomic mass is 10.2. The second kappa shape index (κ2) is 3.68. The van der Waals surface area contributed by atoms with Crippen LogP contribution in [0.3, 0.4) is 0 Å². The van der Waals surface area contributed by atoms with E-state index in [4.69, 9.17) is 11.6 Å². The third-order valence-electron chi connectivity index (χ3n) is 1.56. The Morgan fingerprint density at radius 2 is 2.00 bits per heavy atom.